The lowest BCUT2D eigenvalue weighted by atomic mass is 9.71. The number of benzene rings is 5. The molecule has 0 unspecified atom stereocenters. The molecule has 0 N–H and O–H groups in total. The van der Waals surface area contributed by atoms with Crippen molar-refractivity contribution in [2.24, 2.45) is 0 Å². The van der Waals surface area contributed by atoms with Crippen LogP contribution >= 0.6 is 0 Å². The van der Waals surface area contributed by atoms with E-state index in [9.17, 15) is 0 Å². The number of fused-ring (bicyclic) bond motifs is 5. The zero-order valence-electron chi connectivity index (χ0n) is 21.3. The number of aromatic nitrogens is 2. The maximum absolute atomic E-state index is 5.54. The van der Waals surface area contributed by atoms with Crippen molar-refractivity contribution in [3.05, 3.63) is 168 Å². The van der Waals surface area contributed by atoms with E-state index in [1.165, 1.54) is 33.0 Å². The first-order chi connectivity index (χ1) is 19.3. The second-order valence-corrected chi connectivity index (χ2v) is 10.2. The summed E-state index contributed by atoms with van der Waals surface area (Å²) in [4.78, 5) is 10.7. The van der Waals surface area contributed by atoms with Gasteiger partial charge in [0.1, 0.15) is 5.41 Å². The molecular weight excluding hydrogens is 472 g/mol. The predicted octanol–water partition coefficient (Wildman–Crippen LogP) is 8.81. The fourth-order valence-corrected chi connectivity index (χ4v) is 6.41. The second-order valence-electron chi connectivity index (χ2n) is 10.2. The highest BCUT2D eigenvalue weighted by Crippen LogP contribution is 2.55. The lowest BCUT2D eigenvalue weighted by Gasteiger charge is -2.32. The van der Waals surface area contributed by atoms with Crippen molar-refractivity contribution in [3.8, 4) is 22.4 Å². The van der Waals surface area contributed by atoms with Crippen LogP contribution in [0.1, 0.15) is 22.5 Å². The number of hydrogen-bond acceptors (Lipinski definition) is 2. The van der Waals surface area contributed by atoms with Gasteiger partial charge in [-0.3, -0.25) is 9.97 Å². The van der Waals surface area contributed by atoms with Gasteiger partial charge < -0.3 is 0 Å². The van der Waals surface area contributed by atoms with Crippen LogP contribution in [-0.4, -0.2) is 9.97 Å². The third-order valence-corrected chi connectivity index (χ3v) is 8.14. The molecule has 39 heavy (non-hydrogen) atoms. The standard InChI is InChI=1S/C37H24N2/c1-2-12-25(13-3-1)36-29-17-7-6-15-27(29)23-35(39-36)37(34-22-26-14-4-5-16-28(26)24-38-34)32-20-10-8-18-30(32)31-19-9-11-21-33(31)37/h1-24H. The van der Waals surface area contributed by atoms with Crippen LogP contribution in [0.4, 0.5) is 0 Å². The van der Waals surface area contributed by atoms with Gasteiger partial charge in [-0.15, -0.1) is 0 Å². The Labute approximate surface area is 227 Å². The van der Waals surface area contributed by atoms with Gasteiger partial charge >= 0.3 is 0 Å². The molecule has 1 aliphatic carbocycles. The molecule has 0 radical (unpaired) electrons. The Hall–Kier alpha value is -5.08. The van der Waals surface area contributed by atoms with E-state index in [4.69, 9.17) is 9.97 Å². The summed E-state index contributed by atoms with van der Waals surface area (Å²) < 4.78 is 0. The monoisotopic (exact) mass is 496 g/mol. The molecule has 8 rings (SSSR count). The lowest BCUT2D eigenvalue weighted by Crippen LogP contribution is -2.31. The first kappa shape index (κ1) is 22.0. The molecule has 0 fully saturated rings. The fourth-order valence-electron chi connectivity index (χ4n) is 6.41. The van der Waals surface area contributed by atoms with E-state index >= 15 is 0 Å². The molecule has 2 aromatic heterocycles. The van der Waals surface area contributed by atoms with Crippen LogP contribution in [0, 0.1) is 0 Å². The highest BCUT2D eigenvalue weighted by Gasteiger charge is 2.48. The third kappa shape index (κ3) is 3.15. The van der Waals surface area contributed by atoms with Crippen LogP contribution in [-0.2, 0) is 5.41 Å². The second kappa shape index (κ2) is 8.47. The Kier molecular flexibility index (Phi) is 4.77. The Morgan fingerprint density at radius 2 is 1.03 bits per heavy atom. The summed E-state index contributed by atoms with van der Waals surface area (Å²) in [5.74, 6) is 0. The van der Waals surface area contributed by atoms with Gasteiger partial charge in [-0.1, -0.05) is 127 Å². The van der Waals surface area contributed by atoms with Crippen LogP contribution in [0.2, 0.25) is 0 Å². The molecular formula is C37H24N2. The van der Waals surface area contributed by atoms with Gasteiger partial charge in [0, 0.05) is 22.5 Å². The quantitative estimate of drug-likeness (QED) is 0.244. The molecule has 0 saturated heterocycles. The van der Waals surface area contributed by atoms with Crippen LogP contribution in [0.25, 0.3) is 43.9 Å². The first-order valence-corrected chi connectivity index (χ1v) is 13.3. The molecule has 7 aromatic rings. The molecule has 2 nitrogen and oxygen atoms in total. The topological polar surface area (TPSA) is 25.8 Å². The minimum atomic E-state index is -0.662. The van der Waals surface area contributed by atoms with Gasteiger partial charge in [0.05, 0.1) is 17.1 Å². The summed E-state index contributed by atoms with van der Waals surface area (Å²) in [7, 11) is 0. The van der Waals surface area contributed by atoms with Gasteiger partial charge in [0.2, 0.25) is 0 Å². The van der Waals surface area contributed by atoms with E-state index in [1.807, 2.05) is 6.20 Å². The molecule has 0 bridgehead atoms. The SMILES string of the molecule is c1ccc(-c2nc(C3(c4cc5ccccc5cn4)c4ccccc4-c4ccccc43)cc3ccccc23)cc1. The summed E-state index contributed by atoms with van der Waals surface area (Å²) in [6, 6.07) is 49.6. The Morgan fingerprint density at radius 1 is 0.462 bits per heavy atom. The van der Waals surface area contributed by atoms with Crippen molar-refractivity contribution in [2.45, 2.75) is 5.41 Å². The normalized spacial score (nSPS) is 13.3. The van der Waals surface area contributed by atoms with Crippen LogP contribution < -0.4 is 0 Å². The largest absolute Gasteiger partial charge is 0.259 e. The molecule has 0 amide bonds. The Bertz CT molecular complexity index is 1980. The van der Waals surface area contributed by atoms with Crippen LogP contribution in [0.15, 0.2) is 146 Å². The van der Waals surface area contributed by atoms with E-state index in [0.717, 1.165) is 33.4 Å². The molecule has 182 valence electrons. The van der Waals surface area contributed by atoms with Crippen molar-refractivity contribution in [1.82, 2.24) is 9.97 Å². The minimum Gasteiger partial charge on any atom is -0.259 e. The number of pyridine rings is 2. The zero-order chi connectivity index (χ0) is 25.8. The lowest BCUT2D eigenvalue weighted by molar-refractivity contribution is 0.711. The molecule has 0 atom stereocenters. The van der Waals surface area contributed by atoms with Crippen molar-refractivity contribution in [2.75, 3.05) is 0 Å². The molecule has 2 heterocycles. The average Bonchev–Trinajstić information content (AvgIpc) is 3.32. The highest BCUT2D eigenvalue weighted by atomic mass is 14.8. The molecule has 1 aliphatic rings. The van der Waals surface area contributed by atoms with Gasteiger partial charge in [0.15, 0.2) is 0 Å². The van der Waals surface area contributed by atoms with Gasteiger partial charge in [-0.2, -0.15) is 0 Å². The molecule has 0 saturated carbocycles. The predicted molar refractivity (Wildman–Crippen MR) is 160 cm³/mol. The summed E-state index contributed by atoms with van der Waals surface area (Å²) in [6.07, 6.45) is 2.01. The Morgan fingerprint density at radius 3 is 1.77 bits per heavy atom. The number of hydrogen-bond donors (Lipinski definition) is 0. The molecule has 0 aliphatic heterocycles. The summed E-state index contributed by atoms with van der Waals surface area (Å²) in [5.41, 5.74) is 8.32. The van der Waals surface area contributed by atoms with Crippen LogP contribution in [0.3, 0.4) is 0 Å². The number of nitrogens with zero attached hydrogens (tertiary/aromatic N) is 2. The van der Waals surface area contributed by atoms with Gasteiger partial charge in [0.25, 0.3) is 0 Å². The van der Waals surface area contributed by atoms with Crippen molar-refractivity contribution in [3.63, 3.8) is 0 Å². The minimum absolute atomic E-state index is 0.662. The van der Waals surface area contributed by atoms with E-state index < -0.39 is 5.41 Å². The first-order valence-electron chi connectivity index (χ1n) is 13.3. The maximum Gasteiger partial charge on any atom is 0.106 e. The van der Waals surface area contributed by atoms with Crippen molar-refractivity contribution < 1.29 is 0 Å². The molecule has 0 spiro atoms. The van der Waals surface area contributed by atoms with E-state index in [2.05, 4.69) is 140 Å². The summed E-state index contributed by atoms with van der Waals surface area (Å²) in [6.45, 7) is 0. The molecule has 2 heteroatoms. The van der Waals surface area contributed by atoms with E-state index in [1.54, 1.807) is 0 Å². The third-order valence-electron chi connectivity index (χ3n) is 8.14. The van der Waals surface area contributed by atoms with Gasteiger partial charge in [-0.05, 0) is 45.2 Å². The fraction of sp³-hybridized carbons (Fsp3) is 0.0270. The van der Waals surface area contributed by atoms with Crippen molar-refractivity contribution in [1.29, 1.82) is 0 Å². The Balaban J connectivity index is 1.55. The van der Waals surface area contributed by atoms with E-state index in [-0.39, 0.29) is 0 Å². The van der Waals surface area contributed by atoms with E-state index in [0.29, 0.717) is 0 Å². The smallest absolute Gasteiger partial charge is 0.106 e. The summed E-state index contributed by atoms with van der Waals surface area (Å²) in [5, 5.41) is 4.62. The van der Waals surface area contributed by atoms with Crippen molar-refractivity contribution >= 4 is 21.5 Å². The average molecular weight is 497 g/mol. The van der Waals surface area contributed by atoms with Gasteiger partial charge in [-0.25, -0.2) is 0 Å². The zero-order valence-corrected chi connectivity index (χ0v) is 21.3. The summed E-state index contributed by atoms with van der Waals surface area (Å²) >= 11 is 0. The molecule has 5 aromatic carbocycles. The van der Waals surface area contributed by atoms with Crippen LogP contribution in [0.5, 0.6) is 0 Å². The number of rotatable bonds is 3. The highest BCUT2D eigenvalue weighted by molar-refractivity contribution is 5.96. The maximum atomic E-state index is 5.54.